The van der Waals surface area contributed by atoms with Crippen molar-refractivity contribution < 1.29 is 13.5 Å². The molecule has 0 spiro atoms. The number of aromatic nitrogens is 1. The van der Waals surface area contributed by atoms with E-state index in [-0.39, 0.29) is 18.8 Å². The Morgan fingerprint density at radius 3 is 2.84 bits per heavy atom. The molecule has 2 aromatic rings. The number of ether oxygens (including phenoxy) is 1. The Morgan fingerprint density at radius 2 is 2.08 bits per heavy atom. The minimum absolute atomic E-state index is 0.0322. The van der Waals surface area contributed by atoms with Gasteiger partial charge >= 0.3 is 0 Å². The van der Waals surface area contributed by atoms with Crippen LogP contribution in [0.15, 0.2) is 42.7 Å². The van der Waals surface area contributed by atoms with E-state index in [1.807, 2.05) is 43.5 Å². The second-order valence-electron chi connectivity index (χ2n) is 6.61. The fourth-order valence-corrected chi connectivity index (χ4v) is 3.24. The number of hydrogen-bond acceptors (Lipinski definition) is 3. The minimum atomic E-state index is -2.49. The molecule has 1 aromatic carbocycles. The van der Waals surface area contributed by atoms with Gasteiger partial charge in [-0.2, -0.15) is 0 Å². The van der Waals surface area contributed by atoms with E-state index in [1.165, 1.54) is 0 Å². The maximum Gasteiger partial charge on any atom is 0.248 e. The highest BCUT2D eigenvalue weighted by Crippen LogP contribution is 2.36. The van der Waals surface area contributed by atoms with Crippen molar-refractivity contribution >= 4 is 10.9 Å². The van der Waals surface area contributed by atoms with Crippen molar-refractivity contribution in [3.63, 3.8) is 0 Å². The van der Waals surface area contributed by atoms with Gasteiger partial charge < -0.3 is 10.1 Å². The average molecular weight is 346 g/mol. The Bertz CT molecular complexity index is 736. The third kappa shape index (κ3) is 4.47. The molecule has 1 N–H and O–H groups in total. The van der Waals surface area contributed by atoms with Gasteiger partial charge in [0, 0.05) is 31.0 Å². The molecule has 5 heteroatoms. The maximum absolute atomic E-state index is 13.3. The number of allylic oxidation sites excluding steroid dienone is 1. The SMILES string of the molecule is CC=CNCc1ccc(OCC2CCC(F)(F)CC2)c2ncccc12. The second kappa shape index (κ2) is 7.81. The molecule has 1 heterocycles. The summed E-state index contributed by atoms with van der Waals surface area (Å²) in [5.74, 6) is -1.58. The van der Waals surface area contributed by atoms with E-state index in [2.05, 4.69) is 10.3 Å². The molecule has 0 unspecified atom stereocenters. The lowest BCUT2D eigenvalue weighted by Crippen LogP contribution is -2.27. The molecule has 1 saturated carbocycles. The largest absolute Gasteiger partial charge is 0.491 e. The maximum atomic E-state index is 13.3. The third-order valence-electron chi connectivity index (χ3n) is 4.71. The number of alkyl halides is 2. The summed E-state index contributed by atoms with van der Waals surface area (Å²) in [5.41, 5.74) is 1.97. The van der Waals surface area contributed by atoms with Crippen molar-refractivity contribution in [3.8, 4) is 5.75 Å². The second-order valence-corrected chi connectivity index (χ2v) is 6.61. The van der Waals surface area contributed by atoms with Crippen molar-refractivity contribution in [3.05, 3.63) is 48.3 Å². The van der Waals surface area contributed by atoms with E-state index in [1.54, 1.807) is 6.20 Å². The zero-order chi connectivity index (χ0) is 17.7. The lowest BCUT2D eigenvalue weighted by molar-refractivity contribution is -0.0498. The smallest absolute Gasteiger partial charge is 0.248 e. The van der Waals surface area contributed by atoms with Crippen molar-refractivity contribution in [2.45, 2.75) is 45.1 Å². The minimum Gasteiger partial charge on any atom is -0.491 e. The summed E-state index contributed by atoms with van der Waals surface area (Å²) >= 11 is 0. The predicted octanol–water partition coefficient (Wildman–Crippen LogP) is 5.06. The summed E-state index contributed by atoms with van der Waals surface area (Å²) in [5, 5.41) is 4.28. The van der Waals surface area contributed by atoms with Crippen molar-refractivity contribution in [2.24, 2.45) is 5.92 Å². The van der Waals surface area contributed by atoms with Gasteiger partial charge in [-0.15, -0.1) is 0 Å². The highest BCUT2D eigenvalue weighted by atomic mass is 19.3. The Labute approximate surface area is 147 Å². The van der Waals surface area contributed by atoms with Crippen molar-refractivity contribution in [2.75, 3.05) is 6.61 Å². The van der Waals surface area contributed by atoms with E-state index < -0.39 is 5.92 Å². The normalized spacial score (nSPS) is 17.9. The first-order chi connectivity index (χ1) is 12.1. The van der Waals surface area contributed by atoms with Crippen LogP contribution in [-0.4, -0.2) is 17.5 Å². The highest BCUT2D eigenvalue weighted by molar-refractivity contribution is 5.87. The number of rotatable bonds is 6. The molecule has 0 saturated heterocycles. The Hall–Kier alpha value is -2.17. The predicted molar refractivity (Wildman–Crippen MR) is 95.8 cm³/mol. The zero-order valence-electron chi connectivity index (χ0n) is 14.5. The third-order valence-corrected chi connectivity index (χ3v) is 4.71. The summed E-state index contributed by atoms with van der Waals surface area (Å²) < 4.78 is 32.5. The lowest BCUT2D eigenvalue weighted by atomic mass is 9.87. The number of benzene rings is 1. The van der Waals surface area contributed by atoms with Crippen LogP contribution in [0.25, 0.3) is 10.9 Å². The van der Waals surface area contributed by atoms with E-state index >= 15 is 0 Å². The Kier molecular flexibility index (Phi) is 5.51. The van der Waals surface area contributed by atoms with E-state index in [9.17, 15) is 8.78 Å². The Balaban J connectivity index is 1.71. The molecule has 1 aliphatic rings. The average Bonchev–Trinajstić information content (AvgIpc) is 2.62. The van der Waals surface area contributed by atoms with Crippen LogP contribution >= 0.6 is 0 Å². The molecule has 1 aromatic heterocycles. The van der Waals surface area contributed by atoms with Gasteiger partial charge in [0.25, 0.3) is 0 Å². The van der Waals surface area contributed by atoms with Crippen LogP contribution in [0.4, 0.5) is 8.78 Å². The number of hydrogen-bond donors (Lipinski definition) is 1. The molecular weight excluding hydrogens is 322 g/mol. The van der Waals surface area contributed by atoms with Crippen LogP contribution in [0.3, 0.4) is 0 Å². The van der Waals surface area contributed by atoms with Crippen LogP contribution in [-0.2, 0) is 6.54 Å². The summed E-state index contributed by atoms with van der Waals surface area (Å²) in [7, 11) is 0. The number of halogens is 2. The topological polar surface area (TPSA) is 34.1 Å². The lowest BCUT2D eigenvalue weighted by Gasteiger charge is -2.28. The number of pyridine rings is 1. The molecule has 134 valence electrons. The Morgan fingerprint density at radius 1 is 1.28 bits per heavy atom. The van der Waals surface area contributed by atoms with Crippen molar-refractivity contribution in [1.82, 2.24) is 10.3 Å². The van der Waals surface area contributed by atoms with Crippen LogP contribution < -0.4 is 10.1 Å². The number of nitrogens with zero attached hydrogens (tertiary/aromatic N) is 1. The highest BCUT2D eigenvalue weighted by Gasteiger charge is 2.35. The van der Waals surface area contributed by atoms with E-state index in [4.69, 9.17) is 4.74 Å². The molecule has 0 bridgehead atoms. The molecule has 1 fully saturated rings. The van der Waals surface area contributed by atoms with E-state index in [0.29, 0.717) is 26.0 Å². The molecule has 0 amide bonds. The fraction of sp³-hybridized carbons (Fsp3) is 0.450. The summed E-state index contributed by atoms with van der Waals surface area (Å²) in [6.45, 7) is 3.15. The van der Waals surface area contributed by atoms with Gasteiger partial charge in [-0.05, 0) is 49.6 Å². The van der Waals surface area contributed by atoms with Gasteiger partial charge in [0.15, 0.2) is 0 Å². The van der Waals surface area contributed by atoms with Gasteiger partial charge in [0.1, 0.15) is 11.3 Å². The molecule has 0 atom stereocenters. The monoisotopic (exact) mass is 346 g/mol. The van der Waals surface area contributed by atoms with Gasteiger partial charge in [0.05, 0.1) is 6.61 Å². The first kappa shape index (κ1) is 17.6. The van der Waals surface area contributed by atoms with E-state index in [0.717, 1.165) is 22.2 Å². The standard InChI is InChI=1S/C20H24F2N2O/c1-2-11-23-13-16-5-6-18(19-17(16)4-3-12-24-19)25-14-15-7-9-20(21,22)10-8-15/h2-6,11-12,15,23H,7-10,13-14H2,1H3. The fourth-order valence-electron chi connectivity index (χ4n) is 3.24. The summed E-state index contributed by atoms with van der Waals surface area (Å²) in [6, 6.07) is 7.90. The summed E-state index contributed by atoms with van der Waals surface area (Å²) in [4.78, 5) is 4.47. The van der Waals surface area contributed by atoms with Crippen LogP contribution in [0, 0.1) is 5.92 Å². The van der Waals surface area contributed by atoms with Crippen LogP contribution in [0.2, 0.25) is 0 Å². The van der Waals surface area contributed by atoms with Crippen LogP contribution in [0.1, 0.15) is 38.2 Å². The van der Waals surface area contributed by atoms with Gasteiger partial charge in [-0.25, -0.2) is 8.78 Å². The van der Waals surface area contributed by atoms with Gasteiger partial charge in [-0.3, -0.25) is 4.98 Å². The molecule has 0 aliphatic heterocycles. The van der Waals surface area contributed by atoms with Crippen LogP contribution in [0.5, 0.6) is 5.75 Å². The molecule has 25 heavy (non-hydrogen) atoms. The van der Waals surface area contributed by atoms with Gasteiger partial charge in [0.2, 0.25) is 5.92 Å². The van der Waals surface area contributed by atoms with Crippen molar-refractivity contribution in [1.29, 1.82) is 0 Å². The molecule has 3 rings (SSSR count). The molecule has 1 aliphatic carbocycles. The van der Waals surface area contributed by atoms with Gasteiger partial charge in [-0.1, -0.05) is 18.2 Å². The zero-order valence-corrected chi connectivity index (χ0v) is 14.5. The summed E-state index contributed by atoms with van der Waals surface area (Å²) in [6.07, 6.45) is 6.58. The molecule has 3 nitrogen and oxygen atoms in total. The number of fused-ring (bicyclic) bond motifs is 1. The first-order valence-electron chi connectivity index (χ1n) is 8.81. The quantitative estimate of drug-likeness (QED) is 0.793. The first-order valence-corrected chi connectivity index (χ1v) is 8.81. The molecule has 0 radical (unpaired) electrons. The number of nitrogens with one attached hydrogen (secondary N) is 1. The molecular formula is C20H24F2N2O.